The number of likely N-dealkylation sites (tertiary alicyclic amines) is 1. The number of amidine groups is 1. The topological polar surface area (TPSA) is 119 Å². The number of carbonyl (C=O) groups excluding carboxylic acids is 2. The standard InChI is InChI=1S/C33H44F4N4O5S/c1-22-19-26(29(42)40-14-10-31(44,21-34)11-15-40)20-23(2)27(22)8-18-47(45,46)41-16-12-32(13-17-41)30(43)38-28(39-32)25-5-3-24(4-6-25)7-9-33(35,36)37/h8,18-20,24-25,44H,3-7,9-17,21H2,1-2H3,(H,38,39,43)/b18-8+. The lowest BCUT2D eigenvalue weighted by Gasteiger charge is -2.36. The Hall–Kier alpha value is -2.84. The molecule has 0 aromatic heterocycles. The summed E-state index contributed by atoms with van der Waals surface area (Å²) < 4.78 is 78.9. The molecule has 0 atom stereocenters. The van der Waals surface area contributed by atoms with Crippen molar-refractivity contribution in [3.05, 3.63) is 39.8 Å². The molecule has 1 aromatic rings. The van der Waals surface area contributed by atoms with Gasteiger partial charge in [-0.15, -0.1) is 0 Å². The van der Waals surface area contributed by atoms with Gasteiger partial charge in [0.15, 0.2) is 0 Å². The fourth-order valence-electron chi connectivity index (χ4n) is 7.32. The van der Waals surface area contributed by atoms with Crippen LogP contribution in [-0.4, -0.2) is 90.5 Å². The molecule has 4 aliphatic rings. The summed E-state index contributed by atoms with van der Waals surface area (Å²) in [5.74, 6) is 0.108. The first-order chi connectivity index (χ1) is 22.0. The molecule has 2 N–H and O–H groups in total. The Morgan fingerprint density at radius 3 is 2.19 bits per heavy atom. The van der Waals surface area contributed by atoms with Crippen LogP contribution in [0.3, 0.4) is 0 Å². The van der Waals surface area contributed by atoms with Crippen LogP contribution in [0.25, 0.3) is 6.08 Å². The predicted molar refractivity (Wildman–Crippen MR) is 170 cm³/mol. The molecule has 14 heteroatoms. The predicted octanol–water partition coefficient (Wildman–Crippen LogP) is 5.05. The van der Waals surface area contributed by atoms with Crippen molar-refractivity contribution < 1.29 is 40.7 Å². The molecule has 2 amide bonds. The fourth-order valence-corrected chi connectivity index (χ4v) is 8.49. The van der Waals surface area contributed by atoms with Crippen LogP contribution in [0.5, 0.6) is 0 Å². The number of hydrogen-bond donors (Lipinski definition) is 2. The van der Waals surface area contributed by atoms with E-state index in [0.717, 1.165) is 5.41 Å². The second kappa shape index (κ2) is 13.6. The van der Waals surface area contributed by atoms with E-state index in [9.17, 15) is 40.7 Å². The summed E-state index contributed by atoms with van der Waals surface area (Å²) in [6.07, 6.45) is 0.143. The van der Waals surface area contributed by atoms with Crippen LogP contribution in [0.4, 0.5) is 17.6 Å². The molecule has 1 saturated carbocycles. The van der Waals surface area contributed by atoms with Gasteiger partial charge >= 0.3 is 6.18 Å². The molecule has 47 heavy (non-hydrogen) atoms. The first kappa shape index (κ1) is 35.5. The van der Waals surface area contributed by atoms with Gasteiger partial charge in [0.1, 0.15) is 18.0 Å². The zero-order chi connectivity index (χ0) is 34.2. The van der Waals surface area contributed by atoms with Gasteiger partial charge in [0.25, 0.3) is 11.8 Å². The third kappa shape index (κ3) is 8.07. The van der Waals surface area contributed by atoms with E-state index in [1.807, 2.05) is 0 Å². The third-order valence-electron chi connectivity index (χ3n) is 10.5. The fraction of sp³-hybridized carbons (Fsp3) is 0.667. The van der Waals surface area contributed by atoms with E-state index in [4.69, 9.17) is 4.99 Å². The SMILES string of the molecule is Cc1cc(C(=O)N2CCC(O)(CF)CC2)cc(C)c1/C=C/S(=O)(=O)N1CCC2(CC1)N=C(C1CCC(CCC(F)(F)F)CC1)NC2=O. The van der Waals surface area contributed by atoms with Crippen molar-refractivity contribution in [3.63, 3.8) is 0 Å². The summed E-state index contributed by atoms with van der Waals surface area (Å²) in [6, 6.07) is 3.40. The van der Waals surface area contributed by atoms with Gasteiger partial charge in [-0.2, -0.15) is 17.5 Å². The number of benzene rings is 1. The molecule has 5 rings (SSSR count). The number of rotatable bonds is 8. The summed E-state index contributed by atoms with van der Waals surface area (Å²) in [5.41, 5.74) is 0.121. The highest BCUT2D eigenvalue weighted by atomic mass is 32.2. The van der Waals surface area contributed by atoms with Crippen molar-refractivity contribution in [2.24, 2.45) is 16.8 Å². The van der Waals surface area contributed by atoms with Crippen molar-refractivity contribution in [2.75, 3.05) is 32.9 Å². The summed E-state index contributed by atoms with van der Waals surface area (Å²) in [5, 5.41) is 14.2. The molecule has 1 spiro atoms. The van der Waals surface area contributed by atoms with Gasteiger partial charge in [0.05, 0.1) is 5.60 Å². The molecule has 2 saturated heterocycles. The number of aliphatic hydroxyl groups is 1. The van der Waals surface area contributed by atoms with E-state index in [1.165, 1.54) is 10.4 Å². The zero-order valence-corrected chi connectivity index (χ0v) is 27.7. The van der Waals surface area contributed by atoms with Crippen LogP contribution in [0, 0.1) is 25.7 Å². The zero-order valence-electron chi connectivity index (χ0n) is 26.9. The molecule has 1 aliphatic carbocycles. The van der Waals surface area contributed by atoms with Gasteiger partial charge in [-0.3, -0.25) is 14.6 Å². The van der Waals surface area contributed by atoms with E-state index < -0.39 is 40.4 Å². The van der Waals surface area contributed by atoms with Crippen LogP contribution >= 0.6 is 0 Å². The van der Waals surface area contributed by atoms with E-state index in [0.29, 0.717) is 53.8 Å². The van der Waals surface area contributed by atoms with Gasteiger partial charge in [0, 0.05) is 49.5 Å². The van der Waals surface area contributed by atoms with E-state index >= 15 is 0 Å². The average molecular weight is 685 g/mol. The summed E-state index contributed by atoms with van der Waals surface area (Å²) in [4.78, 5) is 32.5. The smallest absolute Gasteiger partial charge is 0.387 e. The van der Waals surface area contributed by atoms with E-state index in [2.05, 4.69) is 5.32 Å². The van der Waals surface area contributed by atoms with Crippen molar-refractivity contribution in [1.82, 2.24) is 14.5 Å². The van der Waals surface area contributed by atoms with Crippen molar-refractivity contribution in [1.29, 1.82) is 0 Å². The number of aryl methyl sites for hydroxylation is 2. The molecule has 0 radical (unpaired) electrons. The normalized spacial score (nSPS) is 25.3. The van der Waals surface area contributed by atoms with Gasteiger partial charge in [-0.1, -0.05) is 0 Å². The number of aliphatic imine (C=N–C) groups is 1. The Bertz CT molecular complexity index is 1500. The molecule has 1 aromatic carbocycles. The minimum absolute atomic E-state index is 0.0143. The number of piperidine rings is 2. The molecule has 0 unspecified atom stereocenters. The summed E-state index contributed by atoms with van der Waals surface area (Å²) >= 11 is 0. The monoisotopic (exact) mass is 684 g/mol. The van der Waals surface area contributed by atoms with Crippen LogP contribution in [0.1, 0.15) is 91.3 Å². The quantitative estimate of drug-likeness (QED) is 0.372. The molecule has 3 fully saturated rings. The number of sulfonamides is 1. The lowest BCUT2D eigenvalue weighted by atomic mass is 9.79. The Morgan fingerprint density at radius 2 is 1.64 bits per heavy atom. The van der Waals surface area contributed by atoms with Crippen LogP contribution in [0.15, 0.2) is 22.5 Å². The molecular weight excluding hydrogens is 640 g/mol. The van der Waals surface area contributed by atoms with E-state index in [-0.39, 0.29) is 81.9 Å². The molecule has 9 nitrogen and oxygen atoms in total. The minimum Gasteiger partial charge on any atom is -0.387 e. The molecule has 0 bridgehead atoms. The van der Waals surface area contributed by atoms with Crippen molar-refractivity contribution >= 4 is 33.7 Å². The van der Waals surface area contributed by atoms with Crippen molar-refractivity contribution in [3.8, 4) is 0 Å². The highest BCUT2D eigenvalue weighted by Crippen LogP contribution is 2.38. The number of hydrogen-bond acceptors (Lipinski definition) is 6. The second-order valence-electron chi connectivity index (χ2n) is 13.8. The Kier molecular flexibility index (Phi) is 10.2. The van der Waals surface area contributed by atoms with Crippen molar-refractivity contribution in [2.45, 2.75) is 95.4 Å². The summed E-state index contributed by atoms with van der Waals surface area (Å²) in [6.45, 7) is 3.46. The number of carbonyl (C=O) groups is 2. The highest BCUT2D eigenvalue weighted by Gasteiger charge is 2.48. The van der Waals surface area contributed by atoms with Gasteiger partial charge in [0.2, 0.25) is 10.0 Å². The third-order valence-corrected chi connectivity index (χ3v) is 12.0. The Balaban J connectivity index is 1.17. The molecular formula is C33H44F4N4O5S. The van der Waals surface area contributed by atoms with Gasteiger partial charge < -0.3 is 15.3 Å². The number of nitrogens with one attached hydrogen (secondary N) is 1. The Morgan fingerprint density at radius 1 is 1.04 bits per heavy atom. The first-order valence-electron chi connectivity index (χ1n) is 16.4. The van der Waals surface area contributed by atoms with Crippen LogP contribution in [-0.2, 0) is 14.8 Å². The summed E-state index contributed by atoms with van der Waals surface area (Å²) in [7, 11) is -3.83. The average Bonchev–Trinajstić information content (AvgIpc) is 3.34. The number of halogens is 4. The number of amides is 2. The first-order valence-corrected chi connectivity index (χ1v) is 17.9. The highest BCUT2D eigenvalue weighted by molar-refractivity contribution is 7.92. The largest absolute Gasteiger partial charge is 0.389 e. The number of nitrogens with zero attached hydrogens (tertiary/aromatic N) is 3. The van der Waals surface area contributed by atoms with Gasteiger partial charge in [-0.25, -0.2) is 12.8 Å². The van der Waals surface area contributed by atoms with Crippen LogP contribution in [0.2, 0.25) is 0 Å². The minimum atomic E-state index is -4.15. The van der Waals surface area contributed by atoms with E-state index in [1.54, 1.807) is 30.9 Å². The lowest BCUT2D eigenvalue weighted by molar-refractivity contribution is -0.138. The molecule has 3 heterocycles. The maximum atomic E-state index is 13.3. The Labute approximate surface area is 273 Å². The van der Waals surface area contributed by atoms with Gasteiger partial charge in [-0.05, 0) is 112 Å². The molecule has 260 valence electrons. The number of alkyl halides is 4. The molecule has 3 aliphatic heterocycles. The lowest BCUT2D eigenvalue weighted by Crippen LogP contribution is -2.50. The second-order valence-corrected chi connectivity index (χ2v) is 15.6. The maximum Gasteiger partial charge on any atom is 0.389 e. The maximum absolute atomic E-state index is 13.3. The van der Waals surface area contributed by atoms with Crippen LogP contribution < -0.4 is 5.32 Å².